The van der Waals surface area contributed by atoms with Gasteiger partial charge in [-0.2, -0.15) is 0 Å². The fourth-order valence-corrected chi connectivity index (χ4v) is 4.40. The molecule has 4 nitrogen and oxygen atoms in total. The van der Waals surface area contributed by atoms with E-state index < -0.39 is 0 Å². The van der Waals surface area contributed by atoms with Gasteiger partial charge in [-0.25, -0.2) is 0 Å². The molecule has 1 aliphatic heterocycles. The molecule has 1 saturated heterocycles. The lowest BCUT2D eigenvalue weighted by Gasteiger charge is -2.17. The molecule has 0 spiro atoms. The number of carbonyl (C=O) groups excluding carboxylic acids is 2. The van der Waals surface area contributed by atoms with Crippen molar-refractivity contribution < 1.29 is 9.59 Å². The van der Waals surface area contributed by atoms with Crippen LogP contribution in [-0.2, 0) is 11.2 Å². The van der Waals surface area contributed by atoms with Crippen LogP contribution in [0.3, 0.4) is 0 Å². The summed E-state index contributed by atoms with van der Waals surface area (Å²) >= 11 is 1.41. The number of rotatable bonds is 7. The number of hydrogen-bond donors (Lipinski definition) is 1. The van der Waals surface area contributed by atoms with Gasteiger partial charge in [0.05, 0.1) is 11.3 Å². The first-order valence-corrected chi connectivity index (χ1v) is 10.0. The second kappa shape index (κ2) is 8.60. The van der Waals surface area contributed by atoms with Crippen LogP contribution in [0.1, 0.15) is 45.6 Å². The van der Waals surface area contributed by atoms with E-state index in [9.17, 15) is 9.59 Å². The lowest BCUT2D eigenvalue weighted by Crippen LogP contribution is -2.34. The molecule has 0 saturated carbocycles. The zero-order chi connectivity index (χ0) is 18.5. The average Bonchev–Trinajstić information content (AvgIpc) is 3.25. The van der Waals surface area contributed by atoms with Crippen molar-refractivity contribution in [1.29, 1.82) is 0 Å². The van der Waals surface area contributed by atoms with E-state index in [1.165, 1.54) is 28.9 Å². The highest BCUT2D eigenvalue weighted by Crippen LogP contribution is 2.28. The molecular formula is C21H26N2O2S. The Balaban J connectivity index is 1.40. The van der Waals surface area contributed by atoms with Gasteiger partial charge in [0.2, 0.25) is 5.91 Å². The number of aryl methyl sites for hydroxylation is 1. The summed E-state index contributed by atoms with van der Waals surface area (Å²) in [6.45, 7) is 7.43. The predicted molar refractivity (Wildman–Crippen MR) is 106 cm³/mol. The number of amides is 1. The van der Waals surface area contributed by atoms with E-state index in [-0.39, 0.29) is 11.7 Å². The smallest absolute Gasteiger partial charge is 0.224 e. The van der Waals surface area contributed by atoms with Crippen molar-refractivity contribution in [2.45, 2.75) is 32.6 Å². The molecule has 0 bridgehead atoms. The lowest BCUT2D eigenvalue weighted by molar-refractivity contribution is -0.120. The van der Waals surface area contributed by atoms with Gasteiger partial charge in [-0.1, -0.05) is 24.3 Å². The zero-order valence-corrected chi connectivity index (χ0v) is 16.3. The van der Waals surface area contributed by atoms with Gasteiger partial charge in [0.25, 0.3) is 0 Å². The van der Waals surface area contributed by atoms with Crippen molar-refractivity contribution >= 4 is 23.0 Å². The summed E-state index contributed by atoms with van der Waals surface area (Å²) in [5.41, 5.74) is 3.74. The summed E-state index contributed by atoms with van der Waals surface area (Å²) in [5.74, 6) is 0.675. The Bertz CT molecular complexity index is 784. The van der Waals surface area contributed by atoms with Crippen LogP contribution in [0.15, 0.2) is 35.7 Å². The molecule has 1 atom stereocenters. The first-order valence-electron chi connectivity index (χ1n) is 9.16. The fraction of sp³-hybridized carbons (Fsp3) is 0.429. The van der Waals surface area contributed by atoms with E-state index in [0.717, 1.165) is 25.2 Å². The van der Waals surface area contributed by atoms with Crippen LogP contribution in [0.4, 0.5) is 0 Å². The topological polar surface area (TPSA) is 49.4 Å². The maximum atomic E-state index is 12.1. The van der Waals surface area contributed by atoms with Gasteiger partial charge in [-0.15, -0.1) is 11.3 Å². The monoisotopic (exact) mass is 370 g/mol. The Morgan fingerprint density at radius 1 is 1.31 bits per heavy atom. The van der Waals surface area contributed by atoms with Crippen molar-refractivity contribution in [2.24, 2.45) is 0 Å². The normalized spacial score (nSPS) is 17.4. The van der Waals surface area contributed by atoms with Crippen molar-refractivity contribution in [3.63, 3.8) is 0 Å². The number of likely N-dealkylation sites (tertiary alicyclic amines) is 1. The SMILES string of the molecule is CC(=O)c1cc(CC(=O)NCCN2CCC(c3ccccc3C)C2)cs1. The largest absolute Gasteiger partial charge is 0.355 e. The summed E-state index contributed by atoms with van der Waals surface area (Å²) in [5, 5.41) is 4.89. The maximum absolute atomic E-state index is 12.1. The molecule has 2 aromatic rings. The van der Waals surface area contributed by atoms with Gasteiger partial charge in [-0.05, 0) is 60.9 Å². The average molecular weight is 371 g/mol. The molecule has 1 aromatic carbocycles. The van der Waals surface area contributed by atoms with E-state index in [0.29, 0.717) is 23.8 Å². The highest BCUT2D eigenvalue weighted by Gasteiger charge is 2.24. The van der Waals surface area contributed by atoms with E-state index in [1.807, 2.05) is 11.4 Å². The van der Waals surface area contributed by atoms with E-state index >= 15 is 0 Å². The summed E-state index contributed by atoms with van der Waals surface area (Å²) in [4.78, 5) is 26.5. The molecule has 26 heavy (non-hydrogen) atoms. The Hall–Kier alpha value is -1.98. The molecule has 1 aromatic heterocycles. The Labute approximate surface area is 159 Å². The molecule has 0 aliphatic carbocycles. The number of nitrogens with one attached hydrogen (secondary N) is 1. The van der Waals surface area contributed by atoms with Crippen molar-refractivity contribution in [3.05, 3.63) is 57.3 Å². The van der Waals surface area contributed by atoms with E-state index in [2.05, 4.69) is 41.4 Å². The fourth-order valence-electron chi connectivity index (χ4n) is 3.59. The number of benzene rings is 1. The third kappa shape index (κ3) is 4.80. The third-order valence-electron chi connectivity index (χ3n) is 5.02. The minimum atomic E-state index is 0.0209. The van der Waals surface area contributed by atoms with Crippen LogP contribution in [0.2, 0.25) is 0 Å². The number of thiophene rings is 1. The second-order valence-electron chi connectivity index (χ2n) is 7.04. The Kier molecular flexibility index (Phi) is 6.22. The number of hydrogen-bond acceptors (Lipinski definition) is 4. The summed E-state index contributed by atoms with van der Waals surface area (Å²) < 4.78 is 0. The van der Waals surface area contributed by atoms with Crippen LogP contribution in [0.5, 0.6) is 0 Å². The van der Waals surface area contributed by atoms with Gasteiger partial charge in [0.15, 0.2) is 5.78 Å². The quantitative estimate of drug-likeness (QED) is 0.760. The first kappa shape index (κ1) is 18.8. The maximum Gasteiger partial charge on any atom is 0.224 e. The molecule has 5 heteroatoms. The van der Waals surface area contributed by atoms with Gasteiger partial charge in [0.1, 0.15) is 0 Å². The molecule has 1 amide bonds. The lowest BCUT2D eigenvalue weighted by atomic mass is 9.94. The van der Waals surface area contributed by atoms with Crippen LogP contribution in [0.25, 0.3) is 0 Å². The molecule has 3 rings (SSSR count). The molecular weight excluding hydrogens is 344 g/mol. The van der Waals surface area contributed by atoms with Gasteiger partial charge < -0.3 is 10.2 Å². The summed E-state index contributed by atoms with van der Waals surface area (Å²) in [7, 11) is 0. The zero-order valence-electron chi connectivity index (χ0n) is 15.5. The van der Waals surface area contributed by atoms with Crippen LogP contribution >= 0.6 is 11.3 Å². The van der Waals surface area contributed by atoms with Crippen LogP contribution in [0, 0.1) is 6.92 Å². The highest BCUT2D eigenvalue weighted by molar-refractivity contribution is 7.12. The number of Topliss-reactive ketones (excluding diaryl/α,β-unsaturated/α-hetero) is 1. The number of nitrogens with zero attached hydrogens (tertiary/aromatic N) is 1. The molecule has 138 valence electrons. The molecule has 0 radical (unpaired) electrons. The minimum Gasteiger partial charge on any atom is -0.355 e. The molecule has 1 aliphatic rings. The number of ketones is 1. The molecule has 2 heterocycles. The third-order valence-corrected chi connectivity index (χ3v) is 6.10. The van der Waals surface area contributed by atoms with Crippen molar-refractivity contribution in [1.82, 2.24) is 10.2 Å². The van der Waals surface area contributed by atoms with Gasteiger partial charge in [0, 0.05) is 19.6 Å². The van der Waals surface area contributed by atoms with Crippen molar-refractivity contribution in [3.8, 4) is 0 Å². The summed E-state index contributed by atoms with van der Waals surface area (Å²) in [6, 6.07) is 10.4. The van der Waals surface area contributed by atoms with Crippen LogP contribution < -0.4 is 5.32 Å². The van der Waals surface area contributed by atoms with E-state index in [1.54, 1.807) is 6.92 Å². The first-order chi connectivity index (χ1) is 12.5. The molecule has 1 unspecified atom stereocenters. The summed E-state index contributed by atoms with van der Waals surface area (Å²) in [6.07, 6.45) is 1.52. The van der Waals surface area contributed by atoms with Crippen molar-refractivity contribution in [2.75, 3.05) is 26.2 Å². The Morgan fingerprint density at radius 3 is 2.85 bits per heavy atom. The van der Waals surface area contributed by atoms with Gasteiger partial charge in [-0.3, -0.25) is 9.59 Å². The second-order valence-corrected chi connectivity index (χ2v) is 7.96. The Morgan fingerprint density at radius 2 is 2.12 bits per heavy atom. The van der Waals surface area contributed by atoms with Gasteiger partial charge >= 0.3 is 0 Å². The molecule has 1 N–H and O–H groups in total. The van der Waals surface area contributed by atoms with Crippen LogP contribution in [-0.4, -0.2) is 42.8 Å². The number of carbonyl (C=O) groups is 2. The standard InChI is InChI=1S/C21H26N2O2S/c1-15-5-3-4-6-19(15)18-7-9-23(13-18)10-8-22-21(25)12-17-11-20(16(2)24)26-14-17/h3-6,11,14,18H,7-10,12-13H2,1-2H3,(H,22,25). The minimum absolute atomic E-state index is 0.0209. The highest BCUT2D eigenvalue weighted by atomic mass is 32.1. The molecule has 1 fully saturated rings. The van der Waals surface area contributed by atoms with E-state index in [4.69, 9.17) is 0 Å². The predicted octanol–water partition coefficient (Wildman–Crippen LogP) is 3.41.